The predicted molar refractivity (Wildman–Crippen MR) is 74.5 cm³/mol. The summed E-state index contributed by atoms with van der Waals surface area (Å²) in [6.45, 7) is 0. The summed E-state index contributed by atoms with van der Waals surface area (Å²) in [5, 5.41) is 0. The number of thiocarbonyl (C=S) groups is 1. The van der Waals surface area contributed by atoms with Gasteiger partial charge in [-0.15, -0.1) is 0 Å². The molecule has 0 spiro atoms. The predicted octanol–water partition coefficient (Wildman–Crippen LogP) is 3.26. The van der Waals surface area contributed by atoms with Crippen molar-refractivity contribution in [2.45, 2.75) is 31.6 Å². The number of nitrogens with two attached hydrogens (primary N) is 1. The van der Waals surface area contributed by atoms with Crippen LogP contribution in [0.5, 0.6) is 5.75 Å². The van der Waals surface area contributed by atoms with E-state index in [-0.39, 0.29) is 5.92 Å². The lowest BCUT2D eigenvalue weighted by molar-refractivity contribution is 0.413. The highest BCUT2D eigenvalue weighted by molar-refractivity contribution is 7.80. The topological polar surface area (TPSA) is 35.2 Å². The average Bonchev–Trinajstić information content (AvgIpc) is 2.83. The molecule has 2 rings (SSSR count). The van der Waals surface area contributed by atoms with Crippen molar-refractivity contribution in [3.63, 3.8) is 0 Å². The highest BCUT2D eigenvalue weighted by Gasteiger charge is 2.28. The normalized spacial score (nSPS) is 17.9. The number of methoxy groups -OCH3 is 1. The Morgan fingerprint density at radius 3 is 2.71 bits per heavy atom. The minimum absolute atomic E-state index is 0.211. The standard InChI is InChI=1S/C14H19NOS/c1-16-12-8-4-7-11(9-12)13(14(15)17)10-5-2-3-6-10/h4,7-10,13H,2-3,5-6H2,1H3,(H2,15,17). The monoisotopic (exact) mass is 249 g/mol. The Balaban J connectivity index is 2.28. The Bertz CT molecular complexity index is 399. The molecule has 1 fully saturated rings. The van der Waals surface area contributed by atoms with Gasteiger partial charge in [-0.2, -0.15) is 0 Å². The Morgan fingerprint density at radius 2 is 2.12 bits per heavy atom. The molecule has 0 aliphatic heterocycles. The number of hydrogen-bond donors (Lipinski definition) is 1. The van der Waals surface area contributed by atoms with Crippen LogP contribution in [0.4, 0.5) is 0 Å². The van der Waals surface area contributed by atoms with Crippen LogP contribution in [-0.4, -0.2) is 12.1 Å². The van der Waals surface area contributed by atoms with Gasteiger partial charge in [0.25, 0.3) is 0 Å². The highest BCUT2D eigenvalue weighted by Crippen LogP contribution is 2.38. The number of benzene rings is 1. The smallest absolute Gasteiger partial charge is 0.119 e. The number of ether oxygens (including phenoxy) is 1. The molecule has 0 amide bonds. The molecule has 92 valence electrons. The summed E-state index contributed by atoms with van der Waals surface area (Å²) in [5.41, 5.74) is 7.13. The second-order valence-corrected chi connectivity index (χ2v) is 5.17. The Labute approximate surface area is 108 Å². The Hall–Kier alpha value is -1.09. The molecule has 1 unspecified atom stereocenters. The number of hydrogen-bond acceptors (Lipinski definition) is 2. The first kappa shape index (κ1) is 12.4. The maximum absolute atomic E-state index is 5.93. The molecule has 1 aliphatic carbocycles. The molecule has 2 N–H and O–H groups in total. The van der Waals surface area contributed by atoms with Gasteiger partial charge in [-0.05, 0) is 36.5 Å². The lowest BCUT2D eigenvalue weighted by Crippen LogP contribution is -2.25. The molecule has 3 heteroatoms. The molecule has 1 aliphatic rings. The summed E-state index contributed by atoms with van der Waals surface area (Å²) in [7, 11) is 1.68. The quantitative estimate of drug-likeness (QED) is 0.832. The lowest BCUT2D eigenvalue weighted by atomic mass is 9.85. The minimum Gasteiger partial charge on any atom is -0.497 e. The average molecular weight is 249 g/mol. The van der Waals surface area contributed by atoms with Crippen molar-refractivity contribution in [3.8, 4) is 5.75 Å². The van der Waals surface area contributed by atoms with Crippen LogP contribution in [0, 0.1) is 5.92 Å². The van der Waals surface area contributed by atoms with E-state index in [1.165, 1.54) is 31.2 Å². The first-order valence-corrected chi connectivity index (χ1v) is 6.56. The van der Waals surface area contributed by atoms with Crippen molar-refractivity contribution < 1.29 is 4.74 Å². The third kappa shape index (κ3) is 2.78. The van der Waals surface area contributed by atoms with Crippen molar-refractivity contribution in [2.75, 3.05) is 7.11 Å². The summed E-state index contributed by atoms with van der Waals surface area (Å²) >= 11 is 5.25. The van der Waals surface area contributed by atoms with E-state index in [9.17, 15) is 0 Å². The minimum atomic E-state index is 0.211. The molecular formula is C14H19NOS. The first-order valence-electron chi connectivity index (χ1n) is 6.15. The van der Waals surface area contributed by atoms with E-state index in [0.717, 1.165) is 5.75 Å². The van der Waals surface area contributed by atoms with Crippen LogP contribution in [0.3, 0.4) is 0 Å². The van der Waals surface area contributed by atoms with E-state index >= 15 is 0 Å². The van der Waals surface area contributed by atoms with Gasteiger partial charge in [0.2, 0.25) is 0 Å². The summed E-state index contributed by atoms with van der Waals surface area (Å²) in [6.07, 6.45) is 5.07. The zero-order valence-corrected chi connectivity index (χ0v) is 11.0. The first-order chi connectivity index (χ1) is 8.22. The molecule has 0 heterocycles. The van der Waals surface area contributed by atoms with Crippen LogP contribution in [0.15, 0.2) is 24.3 Å². The van der Waals surface area contributed by atoms with Gasteiger partial charge in [-0.3, -0.25) is 0 Å². The van der Waals surface area contributed by atoms with E-state index in [4.69, 9.17) is 22.7 Å². The molecule has 0 aromatic heterocycles. The van der Waals surface area contributed by atoms with Crippen LogP contribution in [0.1, 0.15) is 37.2 Å². The molecule has 0 bridgehead atoms. The van der Waals surface area contributed by atoms with Crippen LogP contribution < -0.4 is 10.5 Å². The van der Waals surface area contributed by atoms with Gasteiger partial charge in [-0.1, -0.05) is 37.2 Å². The van der Waals surface area contributed by atoms with E-state index in [1.54, 1.807) is 7.11 Å². The van der Waals surface area contributed by atoms with Gasteiger partial charge in [0.05, 0.1) is 12.1 Å². The SMILES string of the molecule is COc1cccc(C(C(N)=S)C2CCCC2)c1. The van der Waals surface area contributed by atoms with E-state index in [1.807, 2.05) is 12.1 Å². The second kappa shape index (κ2) is 5.50. The summed E-state index contributed by atoms with van der Waals surface area (Å²) in [6, 6.07) is 8.12. The Kier molecular flexibility index (Phi) is 4.00. The second-order valence-electron chi connectivity index (χ2n) is 4.70. The van der Waals surface area contributed by atoms with Crippen LogP contribution in [0.25, 0.3) is 0 Å². The third-order valence-corrected chi connectivity index (χ3v) is 3.88. The maximum atomic E-state index is 5.93. The highest BCUT2D eigenvalue weighted by atomic mass is 32.1. The summed E-state index contributed by atoms with van der Waals surface area (Å²) < 4.78 is 5.26. The van der Waals surface area contributed by atoms with Gasteiger partial charge in [0, 0.05) is 5.92 Å². The van der Waals surface area contributed by atoms with Crippen LogP contribution >= 0.6 is 12.2 Å². The fourth-order valence-corrected chi connectivity index (χ4v) is 3.12. The van der Waals surface area contributed by atoms with Crippen LogP contribution in [-0.2, 0) is 0 Å². The van der Waals surface area contributed by atoms with Gasteiger partial charge in [0.15, 0.2) is 0 Å². The van der Waals surface area contributed by atoms with Crippen molar-refractivity contribution in [3.05, 3.63) is 29.8 Å². The van der Waals surface area contributed by atoms with E-state index in [0.29, 0.717) is 10.9 Å². The van der Waals surface area contributed by atoms with Crippen molar-refractivity contribution in [2.24, 2.45) is 11.7 Å². The molecule has 1 aromatic rings. The number of rotatable bonds is 4. The van der Waals surface area contributed by atoms with Crippen molar-refractivity contribution in [1.29, 1.82) is 0 Å². The Morgan fingerprint density at radius 1 is 1.41 bits per heavy atom. The molecule has 1 atom stereocenters. The zero-order valence-electron chi connectivity index (χ0n) is 10.2. The molecule has 1 aromatic carbocycles. The van der Waals surface area contributed by atoms with Crippen molar-refractivity contribution in [1.82, 2.24) is 0 Å². The van der Waals surface area contributed by atoms with Gasteiger partial charge >= 0.3 is 0 Å². The fourth-order valence-electron chi connectivity index (χ4n) is 2.79. The summed E-state index contributed by atoms with van der Waals surface area (Å²) in [4.78, 5) is 0.616. The zero-order chi connectivity index (χ0) is 12.3. The molecule has 2 nitrogen and oxygen atoms in total. The third-order valence-electron chi connectivity index (χ3n) is 3.63. The molecular weight excluding hydrogens is 230 g/mol. The van der Waals surface area contributed by atoms with E-state index in [2.05, 4.69) is 12.1 Å². The van der Waals surface area contributed by atoms with Gasteiger partial charge in [0.1, 0.15) is 5.75 Å². The lowest BCUT2D eigenvalue weighted by Gasteiger charge is -2.23. The largest absolute Gasteiger partial charge is 0.497 e. The van der Waals surface area contributed by atoms with Gasteiger partial charge in [-0.25, -0.2) is 0 Å². The van der Waals surface area contributed by atoms with E-state index < -0.39 is 0 Å². The van der Waals surface area contributed by atoms with Crippen molar-refractivity contribution >= 4 is 17.2 Å². The molecule has 0 saturated heterocycles. The molecule has 1 saturated carbocycles. The summed E-state index contributed by atoms with van der Waals surface area (Å²) in [5.74, 6) is 1.70. The molecule has 0 radical (unpaired) electrons. The fraction of sp³-hybridized carbons (Fsp3) is 0.500. The maximum Gasteiger partial charge on any atom is 0.119 e. The molecule has 17 heavy (non-hydrogen) atoms. The van der Waals surface area contributed by atoms with Gasteiger partial charge < -0.3 is 10.5 Å². The van der Waals surface area contributed by atoms with Crippen LogP contribution in [0.2, 0.25) is 0 Å².